The predicted molar refractivity (Wildman–Crippen MR) is 140 cm³/mol. The second kappa shape index (κ2) is 13.6. The smallest absolute Gasteiger partial charge is 0.194 e. The fourth-order valence-electron chi connectivity index (χ4n) is 6.94. The Kier molecular flexibility index (Phi) is 10.4. The first-order valence-corrected chi connectivity index (χ1v) is 14.7. The van der Waals surface area contributed by atoms with Crippen LogP contribution in [0.1, 0.15) is 114 Å². The van der Waals surface area contributed by atoms with Gasteiger partial charge in [-0.3, -0.25) is 0 Å². The van der Waals surface area contributed by atoms with Crippen molar-refractivity contribution in [2.45, 2.75) is 103 Å². The SMILES string of the molecule is CCCC1CCC(C(OC(c2cc(F)c(F)c(F)c2)C2CCC(CCC)CC2)c2cc(F)c(F)c(F)c2)CC1. The molecule has 39 heavy (non-hydrogen) atoms. The molecule has 2 fully saturated rings. The first-order valence-electron chi connectivity index (χ1n) is 14.7. The molecular weight excluding hydrogens is 514 g/mol. The first kappa shape index (κ1) is 30.0. The number of hydrogen-bond donors (Lipinski definition) is 0. The highest BCUT2D eigenvalue weighted by Gasteiger charge is 2.37. The molecule has 2 saturated carbocycles. The zero-order chi connectivity index (χ0) is 28.1. The summed E-state index contributed by atoms with van der Waals surface area (Å²) in [6, 6.07) is 3.90. The minimum Gasteiger partial charge on any atom is -0.365 e. The third-order valence-electron chi connectivity index (χ3n) is 9.00. The van der Waals surface area contributed by atoms with Crippen molar-refractivity contribution < 1.29 is 31.1 Å². The van der Waals surface area contributed by atoms with Crippen LogP contribution in [0.15, 0.2) is 24.3 Å². The summed E-state index contributed by atoms with van der Waals surface area (Å²) in [7, 11) is 0. The number of benzene rings is 2. The van der Waals surface area contributed by atoms with E-state index in [1.165, 1.54) is 0 Å². The minimum absolute atomic E-state index is 0.101. The van der Waals surface area contributed by atoms with Gasteiger partial charge in [-0.2, -0.15) is 0 Å². The van der Waals surface area contributed by atoms with Crippen LogP contribution in [0.2, 0.25) is 0 Å². The van der Waals surface area contributed by atoms with Gasteiger partial charge in [0.25, 0.3) is 0 Å². The lowest BCUT2D eigenvalue weighted by molar-refractivity contribution is -0.0912. The summed E-state index contributed by atoms with van der Waals surface area (Å²) in [6.07, 6.45) is 9.58. The molecule has 2 aliphatic carbocycles. The molecule has 1 nitrogen and oxygen atoms in total. The molecule has 2 aromatic carbocycles. The van der Waals surface area contributed by atoms with Crippen LogP contribution >= 0.6 is 0 Å². The van der Waals surface area contributed by atoms with Gasteiger partial charge in [0.2, 0.25) is 0 Å². The Hall–Kier alpha value is -2.02. The van der Waals surface area contributed by atoms with Crippen LogP contribution < -0.4 is 0 Å². The largest absolute Gasteiger partial charge is 0.365 e. The van der Waals surface area contributed by atoms with Crippen LogP contribution in [-0.4, -0.2) is 0 Å². The molecule has 216 valence electrons. The van der Waals surface area contributed by atoms with E-state index in [-0.39, 0.29) is 23.0 Å². The topological polar surface area (TPSA) is 9.23 Å². The molecule has 0 bridgehead atoms. The normalized spacial score (nSPS) is 25.4. The molecule has 0 radical (unpaired) electrons. The maximum atomic E-state index is 14.4. The highest BCUT2D eigenvalue weighted by Crippen LogP contribution is 2.47. The van der Waals surface area contributed by atoms with E-state index >= 15 is 0 Å². The van der Waals surface area contributed by atoms with Crippen molar-refractivity contribution in [2.24, 2.45) is 23.7 Å². The predicted octanol–water partition coefficient (Wildman–Crippen LogP) is 10.5. The Morgan fingerprint density at radius 2 is 0.872 bits per heavy atom. The van der Waals surface area contributed by atoms with E-state index in [4.69, 9.17) is 4.74 Å². The molecule has 0 saturated heterocycles. The van der Waals surface area contributed by atoms with Crippen LogP contribution in [-0.2, 0) is 4.74 Å². The Morgan fingerprint density at radius 3 is 1.15 bits per heavy atom. The van der Waals surface area contributed by atoms with Crippen LogP contribution in [0.25, 0.3) is 0 Å². The van der Waals surface area contributed by atoms with Crippen LogP contribution in [0.4, 0.5) is 26.3 Å². The van der Waals surface area contributed by atoms with Gasteiger partial charge in [0, 0.05) is 0 Å². The molecule has 2 aromatic rings. The van der Waals surface area contributed by atoms with Gasteiger partial charge in [-0.15, -0.1) is 0 Å². The van der Waals surface area contributed by atoms with E-state index < -0.39 is 47.1 Å². The Morgan fingerprint density at radius 1 is 0.564 bits per heavy atom. The second-order valence-corrected chi connectivity index (χ2v) is 11.7. The van der Waals surface area contributed by atoms with E-state index in [1.54, 1.807) is 0 Å². The van der Waals surface area contributed by atoms with Gasteiger partial charge in [-0.05, 0) is 84.7 Å². The average molecular weight is 555 g/mol. The quantitative estimate of drug-likeness (QED) is 0.210. The lowest BCUT2D eigenvalue weighted by Crippen LogP contribution is -2.29. The Bertz CT molecular complexity index is 957. The molecule has 0 aliphatic heterocycles. The summed E-state index contributed by atoms with van der Waals surface area (Å²) in [4.78, 5) is 0. The van der Waals surface area contributed by atoms with Crippen molar-refractivity contribution in [3.63, 3.8) is 0 Å². The van der Waals surface area contributed by atoms with Crippen LogP contribution in [0, 0.1) is 58.6 Å². The minimum atomic E-state index is -1.54. The summed E-state index contributed by atoms with van der Waals surface area (Å²) in [5.74, 6) is -7.34. The van der Waals surface area contributed by atoms with E-state index in [0.717, 1.165) is 101 Å². The molecule has 0 aromatic heterocycles. The monoisotopic (exact) mass is 554 g/mol. The highest BCUT2D eigenvalue weighted by molar-refractivity contribution is 5.25. The van der Waals surface area contributed by atoms with Gasteiger partial charge in [0.15, 0.2) is 34.9 Å². The molecule has 0 amide bonds. The van der Waals surface area contributed by atoms with Crippen molar-refractivity contribution in [2.75, 3.05) is 0 Å². The van der Waals surface area contributed by atoms with Gasteiger partial charge >= 0.3 is 0 Å². The Balaban J connectivity index is 1.70. The van der Waals surface area contributed by atoms with Crippen molar-refractivity contribution >= 4 is 0 Å². The van der Waals surface area contributed by atoms with Gasteiger partial charge in [-0.25, -0.2) is 26.3 Å². The summed E-state index contributed by atoms with van der Waals surface area (Å²) in [6.45, 7) is 4.28. The van der Waals surface area contributed by atoms with Crippen molar-refractivity contribution in [1.29, 1.82) is 0 Å². The molecule has 2 unspecified atom stereocenters. The van der Waals surface area contributed by atoms with Gasteiger partial charge in [0.05, 0.1) is 12.2 Å². The average Bonchev–Trinajstić information content (AvgIpc) is 2.92. The maximum absolute atomic E-state index is 14.4. The van der Waals surface area contributed by atoms with E-state index in [1.807, 2.05) is 0 Å². The summed E-state index contributed by atoms with van der Waals surface area (Å²) in [5, 5.41) is 0. The van der Waals surface area contributed by atoms with E-state index in [9.17, 15) is 26.3 Å². The lowest BCUT2D eigenvalue weighted by atomic mass is 9.75. The summed E-state index contributed by atoms with van der Waals surface area (Å²) < 4.78 is 92.1. The molecule has 2 atom stereocenters. The number of ether oxygens (including phenoxy) is 1. The van der Waals surface area contributed by atoms with Crippen molar-refractivity contribution in [3.05, 3.63) is 70.3 Å². The van der Waals surface area contributed by atoms with Crippen LogP contribution in [0.5, 0.6) is 0 Å². The van der Waals surface area contributed by atoms with E-state index in [0.29, 0.717) is 11.8 Å². The zero-order valence-corrected chi connectivity index (χ0v) is 22.9. The second-order valence-electron chi connectivity index (χ2n) is 11.7. The third kappa shape index (κ3) is 7.20. The molecule has 0 heterocycles. The fourth-order valence-corrected chi connectivity index (χ4v) is 6.94. The Labute approximate surface area is 228 Å². The van der Waals surface area contributed by atoms with Gasteiger partial charge < -0.3 is 4.74 Å². The van der Waals surface area contributed by atoms with Crippen molar-refractivity contribution in [1.82, 2.24) is 0 Å². The number of rotatable bonds is 10. The van der Waals surface area contributed by atoms with E-state index in [2.05, 4.69) is 13.8 Å². The maximum Gasteiger partial charge on any atom is 0.194 e. The van der Waals surface area contributed by atoms with Gasteiger partial charge in [-0.1, -0.05) is 65.2 Å². The fraction of sp³-hybridized carbons (Fsp3) is 0.625. The first-order chi connectivity index (χ1) is 18.7. The number of halogens is 6. The summed E-state index contributed by atoms with van der Waals surface area (Å²) >= 11 is 0. The van der Waals surface area contributed by atoms with Crippen LogP contribution in [0.3, 0.4) is 0 Å². The number of hydrogen-bond acceptors (Lipinski definition) is 1. The van der Waals surface area contributed by atoms with Crippen molar-refractivity contribution in [3.8, 4) is 0 Å². The third-order valence-corrected chi connectivity index (χ3v) is 9.00. The molecule has 2 aliphatic rings. The molecular formula is C32H40F6O. The highest BCUT2D eigenvalue weighted by atomic mass is 19.2. The van der Waals surface area contributed by atoms with Gasteiger partial charge in [0.1, 0.15) is 0 Å². The lowest BCUT2D eigenvalue weighted by Gasteiger charge is -2.40. The summed E-state index contributed by atoms with van der Waals surface area (Å²) in [5.41, 5.74) is 0.358. The molecule has 0 N–H and O–H groups in total. The standard InChI is InChI=1S/C32H40F6O/c1-3-5-19-7-11-21(12-8-19)31(23-15-25(33)29(37)26(34)16-23)39-32(22-13-9-20(6-4-2)10-14-22)24-17-27(35)30(38)28(36)18-24/h15-22,31-32H,3-14H2,1-2H3. The molecule has 0 spiro atoms. The molecule has 7 heteroatoms. The molecule has 4 rings (SSSR count). The zero-order valence-electron chi connectivity index (χ0n) is 22.9.